The lowest BCUT2D eigenvalue weighted by atomic mass is 10.4. The molecule has 0 amide bonds. The lowest BCUT2D eigenvalue weighted by Crippen LogP contribution is -2.08. The van der Waals surface area contributed by atoms with Gasteiger partial charge in [-0.05, 0) is 6.42 Å². The van der Waals surface area contributed by atoms with Crippen LogP contribution >= 0.6 is 0 Å². The van der Waals surface area contributed by atoms with Crippen molar-refractivity contribution in [3.05, 3.63) is 18.3 Å². The van der Waals surface area contributed by atoms with E-state index in [0.29, 0.717) is 25.6 Å². The van der Waals surface area contributed by atoms with E-state index in [1.54, 1.807) is 0 Å². The summed E-state index contributed by atoms with van der Waals surface area (Å²) < 4.78 is 17.6. The van der Waals surface area contributed by atoms with Gasteiger partial charge in [-0.3, -0.25) is 0 Å². The highest BCUT2D eigenvalue weighted by Gasteiger charge is 1.96. The fraction of sp³-hybridized carbons (Fsp3) is 0.556. The molecule has 0 aliphatic carbocycles. The zero-order chi connectivity index (χ0) is 10.9. The van der Waals surface area contributed by atoms with E-state index in [0.717, 1.165) is 6.42 Å². The highest BCUT2D eigenvalue weighted by atomic mass is 19.1. The van der Waals surface area contributed by atoms with Crippen LogP contribution in [0.5, 0.6) is 0 Å². The van der Waals surface area contributed by atoms with Crippen molar-refractivity contribution in [2.75, 3.05) is 31.7 Å². The Kier molecular flexibility index (Phi) is 5.57. The largest absolute Gasteiger partial charge is 0.394 e. The first-order chi connectivity index (χ1) is 7.33. The van der Waals surface area contributed by atoms with E-state index in [-0.39, 0.29) is 6.61 Å². The first-order valence-electron chi connectivity index (χ1n) is 4.73. The van der Waals surface area contributed by atoms with Crippen LogP contribution in [0.15, 0.2) is 12.4 Å². The quantitative estimate of drug-likeness (QED) is 0.510. The van der Waals surface area contributed by atoms with Crippen LogP contribution in [0.4, 0.5) is 10.2 Å². The molecule has 0 saturated carbocycles. The van der Waals surface area contributed by atoms with Crippen molar-refractivity contribution in [1.29, 1.82) is 0 Å². The zero-order valence-electron chi connectivity index (χ0n) is 8.32. The molecule has 1 rings (SSSR count). The van der Waals surface area contributed by atoms with Crippen LogP contribution in [0.2, 0.25) is 0 Å². The minimum absolute atomic E-state index is 0.0323. The second kappa shape index (κ2) is 7.08. The summed E-state index contributed by atoms with van der Waals surface area (Å²) >= 11 is 0. The van der Waals surface area contributed by atoms with E-state index in [4.69, 9.17) is 9.84 Å². The van der Waals surface area contributed by atoms with E-state index in [1.807, 2.05) is 0 Å². The number of ether oxygens (including phenoxy) is 1. The summed E-state index contributed by atoms with van der Waals surface area (Å²) in [6.45, 7) is 1.58. The van der Waals surface area contributed by atoms with E-state index in [9.17, 15) is 4.39 Å². The van der Waals surface area contributed by atoms with Gasteiger partial charge in [0, 0.05) is 19.2 Å². The molecule has 84 valence electrons. The molecule has 1 heterocycles. The second-order valence-corrected chi connectivity index (χ2v) is 2.84. The van der Waals surface area contributed by atoms with Crippen molar-refractivity contribution in [2.45, 2.75) is 6.42 Å². The number of nitrogens with one attached hydrogen (secondary N) is 1. The maximum absolute atomic E-state index is 12.6. The number of aromatic nitrogens is 2. The third kappa shape index (κ3) is 5.24. The number of halogens is 1. The Morgan fingerprint density at radius 2 is 2.27 bits per heavy atom. The third-order valence-corrected chi connectivity index (χ3v) is 1.64. The Morgan fingerprint density at radius 1 is 1.40 bits per heavy atom. The number of rotatable bonds is 7. The molecule has 0 aliphatic heterocycles. The minimum atomic E-state index is -0.552. The molecule has 0 saturated heterocycles. The maximum atomic E-state index is 12.6. The Bertz CT molecular complexity index is 286. The number of aliphatic hydroxyl groups excluding tert-OH is 1. The Balaban J connectivity index is 2.10. The van der Waals surface area contributed by atoms with E-state index < -0.39 is 5.95 Å². The summed E-state index contributed by atoms with van der Waals surface area (Å²) in [5, 5.41) is 11.4. The van der Waals surface area contributed by atoms with Crippen molar-refractivity contribution < 1.29 is 14.2 Å². The summed E-state index contributed by atoms with van der Waals surface area (Å²) in [5.74, 6) is -0.0892. The van der Waals surface area contributed by atoms with Gasteiger partial charge in [0.1, 0.15) is 12.1 Å². The Morgan fingerprint density at radius 3 is 3.00 bits per heavy atom. The van der Waals surface area contributed by atoms with Crippen LogP contribution in [-0.4, -0.2) is 41.4 Å². The molecule has 0 bridgehead atoms. The van der Waals surface area contributed by atoms with Gasteiger partial charge in [0.2, 0.25) is 5.95 Å². The van der Waals surface area contributed by atoms with Gasteiger partial charge in [-0.2, -0.15) is 4.39 Å². The summed E-state index contributed by atoms with van der Waals surface area (Å²) in [4.78, 5) is 7.17. The number of hydrogen-bond acceptors (Lipinski definition) is 5. The van der Waals surface area contributed by atoms with Crippen molar-refractivity contribution in [2.24, 2.45) is 0 Å². The fourth-order valence-electron chi connectivity index (χ4n) is 0.988. The van der Waals surface area contributed by atoms with Gasteiger partial charge in [0.25, 0.3) is 0 Å². The maximum Gasteiger partial charge on any atom is 0.217 e. The molecule has 1 aromatic rings. The van der Waals surface area contributed by atoms with Crippen LogP contribution in [0.3, 0.4) is 0 Å². The monoisotopic (exact) mass is 215 g/mol. The predicted octanol–water partition coefficient (Wildman–Crippen LogP) is 0.427. The van der Waals surface area contributed by atoms with Gasteiger partial charge in [-0.25, -0.2) is 9.97 Å². The fourth-order valence-corrected chi connectivity index (χ4v) is 0.988. The van der Waals surface area contributed by atoms with Gasteiger partial charge < -0.3 is 15.2 Å². The van der Waals surface area contributed by atoms with Crippen LogP contribution < -0.4 is 5.32 Å². The first-order valence-corrected chi connectivity index (χ1v) is 4.73. The Hall–Kier alpha value is -1.27. The molecule has 1 aromatic heterocycles. The number of aliphatic hydroxyl groups is 1. The summed E-state index contributed by atoms with van der Waals surface area (Å²) in [6.07, 6.45) is 1.94. The molecule has 0 atom stereocenters. The van der Waals surface area contributed by atoms with Crippen LogP contribution in [0.1, 0.15) is 6.42 Å². The van der Waals surface area contributed by atoms with Crippen molar-refractivity contribution in [3.63, 3.8) is 0 Å². The van der Waals surface area contributed by atoms with E-state index in [1.165, 1.54) is 12.4 Å². The molecule has 6 heteroatoms. The highest BCUT2D eigenvalue weighted by Crippen LogP contribution is 2.01. The minimum Gasteiger partial charge on any atom is -0.394 e. The molecule has 5 nitrogen and oxygen atoms in total. The first kappa shape index (κ1) is 11.8. The van der Waals surface area contributed by atoms with Crippen LogP contribution in [0.25, 0.3) is 0 Å². The molecule has 15 heavy (non-hydrogen) atoms. The van der Waals surface area contributed by atoms with Gasteiger partial charge in [-0.1, -0.05) is 0 Å². The summed E-state index contributed by atoms with van der Waals surface area (Å²) in [5.41, 5.74) is 0. The number of nitrogens with zero attached hydrogens (tertiary/aromatic N) is 2. The Labute approximate surface area is 87.3 Å². The molecule has 0 aromatic carbocycles. The number of hydrogen-bond donors (Lipinski definition) is 2. The molecule has 0 spiro atoms. The van der Waals surface area contributed by atoms with Gasteiger partial charge in [0.05, 0.1) is 13.2 Å². The lowest BCUT2D eigenvalue weighted by molar-refractivity contribution is 0.0922. The lowest BCUT2D eigenvalue weighted by Gasteiger charge is -2.05. The van der Waals surface area contributed by atoms with E-state index in [2.05, 4.69) is 15.3 Å². The zero-order valence-corrected chi connectivity index (χ0v) is 8.32. The molecule has 2 N–H and O–H groups in total. The normalized spacial score (nSPS) is 10.3. The molecule has 0 unspecified atom stereocenters. The smallest absolute Gasteiger partial charge is 0.217 e. The molecule has 0 aliphatic rings. The molecule has 0 fully saturated rings. The molecular formula is C9H14FN3O2. The average Bonchev–Trinajstić information content (AvgIpc) is 2.23. The SMILES string of the molecule is OCCOCCCNc1cc(F)ncn1. The standard InChI is InChI=1S/C9H14FN3O2/c10-8-6-9(13-7-12-8)11-2-1-4-15-5-3-14/h6-7,14H,1-5H2,(H,11,12,13). The predicted molar refractivity (Wildman–Crippen MR) is 53.0 cm³/mol. The number of anilines is 1. The molecular weight excluding hydrogens is 201 g/mol. The highest BCUT2D eigenvalue weighted by molar-refractivity contribution is 5.31. The van der Waals surface area contributed by atoms with Crippen LogP contribution in [-0.2, 0) is 4.74 Å². The van der Waals surface area contributed by atoms with Gasteiger partial charge in [0.15, 0.2) is 0 Å². The van der Waals surface area contributed by atoms with Crippen LogP contribution in [0, 0.1) is 5.95 Å². The average molecular weight is 215 g/mol. The second-order valence-electron chi connectivity index (χ2n) is 2.84. The van der Waals surface area contributed by atoms with Crippen molar-refractivity contribution in [3.8, 4) is 0 Å². The van der Waals surface area contributed by atoms with Crippen molar-refractivity contribution in [1.82, 2.24) is 9.97 Å². The summed E-state index contributed by atoms with van der Waals surface area (Å²) in [7, 11) is 0. The van der Waals surface area contributed by atoms with Gasteiger partial charge in [-0.15, -0.1) is 0 Å². The van der Waals surface area contributed by atoms with Gasteiger partial charge >= 0.3 is 0 Å². The topological polar surface area (TPSA) is 67.3 Å². The van der Waals surface area contributed by atoms with E-state index >= 15 is 0 Å². The summed E-state index contributed by atoms with van der Waals surface area (Å²) in [6, 6.07) is 1.23. The third-order valence-electron chi connectivity index (χ3n) is 1.64. The van der Waals surface area contributed by atoms with Crippen molar-refractivity contribution >= 4 is 5.82 Å². The molecule has 0 radical (unpaired) electrons.